The first-order chi connectivity index (χ1) is 12.4. The summed E-state index contributed by atoms with van der Waals surface area (Å²) in [5, 5.41) is 3.69. The maximum atomic E-state index is 6.71. The Hall–Kier alpha value is -1.41. The van der Waals surface area contributed by atoms with Gasteiger partial charge in [-0.25, -0.2) is 0 Å². The third kappa shape index (κ3) is 5.81. The van der Waals surface area contributed by atoms with Gasteiger partial charge in [0.05, 0.1) is 11.4 Å². The number of hydrogen-bond acceptors (Lipinski definition) is 2. The van der Waals surface area contributed by atoms with Crippen LogP contribution in [-0.4, -0.2) is 28.9 Å². The first-order valence-electron chi connectivity index (χ1n) is 10.0. The van der Waals surface area contributed by atoms with E-state index in [4.69, 9.17) is 11.6 Å². The summed E-state index contributed by atoms with van der Waals surface area (Å²) in [7, 11) is 0. The third-order valence-corrected chi connectivity index (χ3v) is 5.92. The van der Waals surface area contributed by atoms with E-state index in [1.807, 2.05) is 0 Å². The molecule has 2 nitrogen and oxygen atoms in total. The zero-order chi connectivity index (χ0) is 19.1. The van der Waals surface area contributed by atoms with Crippen LogP contribution in [0.15, 0.2) is 48.8 Å². The van der Waals surface area contributed by atoms with Crippen LogP contribution >= 0.6 is 11.6 Å². The zero-order valence-corrected chi connectivity index (χ0v) is 17.5. The molecule has 1 heterocycles. The summed E-state index contributed by atoms with van der Waals surface area (Å²) in [6.45, 7) is 16.0. The summed E-state index contributed by atoms with van der Waals surface area (Å²) in [5.41, 5.74) is 5.00. The molecule has 26 heavy (non-hydrogen) atoms. The molecular weight excluding hydrogens is 340 g/mol. The number of rotatable bonds is 9. The Labute approximate surface area is 165 Å². The lowest BCUT2D eigenvalue weighted by Gasteiger charge is -2.45. The van der Waals surface area contributed by atoms with Crippen molar-refractivity contribution in [3.05, 3.63) is 59.9 Å². The number of benzene rings is 1. The van der Waals surface area contributed by atoms with Gasteiger partial charge < -0.3 is 10.2 Å². The minimum absolute atomic E-state index is 0.149. The number of halogens is 1. The molecule has 3 heteroatoms. The Kier molecular flexibility index (Phi) is 8.09. The van der Waals surface area contributed by atoms with E-state index in [1.165, 1.54) is 29.7 Å². The molecule has 1 aromatic rings. The highest BCUT2D eigenvalue weighted by Crippen LogP contribution is 2.30. The van der Waals surface area contributed by atoms with Crippen molar-refractivity contribution in [3.8, 4) is 0 Å². The molecule has 1 aliphatic heterocycles. The Morgan fingerprint density at radius 3 is 2.54 bits per heavy atom. The number of nitrogens with zero attached hydrogens (tertiary/aromatic N) is 1. The number of allylic oxidation sites excluding steroid dienone is 2. The summed E-state index contributed by atoms with van der Waals surface area (Å²) in [6, 6.07) is 9.58. The van der Waals surface area contributed by atoms with Crippen LogP contribution < -0.4 is 5.32 Å². The fourth-order valence-electron chi connectivity index (χ4n) is 3.71. The van der Waals surface area contributed by atoms with Gasteiger partial charge in [0.2, 0.25) is 0 Å². The summed E-state index contributed by atoms with van der Waals surface area (Å²) in [6.07, 6.45) is 6.33. The van der Waals surface area contributed by atoms with Crippen LogP contribution in [0.4, 0.5) is 0 Å². The first-order valence-corrected chi connectivity index (χ1v) is 10.5. The van der Waals surface area contributed by atoms with Gasteiger partial charge >= 0.3 is 0 Å². The first kappa shape index (κ1) is 20.9. The van der Waals surface area contributed by atoms with E-state index in [-0.39, 0.29) is 11.4 Å². The fourth-order valence-corrected chi connectivity index (χ4v) is 4.06. The number of piperidine rings is 1. The Balaban J connectivity index is 2.01. The van der Waals surface area contributed by atoms with E-state index in [9.17, 15) is 0 Å². The number of nitrogens with one attached hydrogen (secondary N) is 1. The van der Waals surface area contributed by atoms with Crippen LogP contribution in [0.2, 0.25) is 0 Å². The monoisotopic (exact) mass is 374 g/mol. The third-order valence-electron chi connectivity index (χ3n) is 5.44. The van der Waals surface area contributed by atoms with E-state index in [0.29, 0.717) is 6.04 Å². The summed E-state index contributed by atoms with van der Waals surface area (Å²) in [5.74, 6) is 0. The van der Waals surface area contributed by atoms with Gasteiger partial charge in [0.15, 0.2) is 0 Å². The maximum Gasteiger partial charge on any atom is 0.0597 e. The smallest absolute Gasteiger partial charge is 0.0597 e. The van der Waals surface area contributed by atoms with Crippen molar-refractivity contribution in [1.82, 2.24) is 10.2 Å². The van der Waals surface area contributed by atoms with Crippen LogP contribution in [0.5, 0.6) is 0 Å². The molecule has 1 N–H and O–H groups in total. The summed E-state index contributed by atoms with van der Waals surface area (Å²) < 4.78 is 0. The van der Waals surface area contributed by atoms with Gasteiger partial charge in [0.25, 0.3) is 0 Å². The molecule has 0 saturated carbocycles. The predicted octanol–water partition coefficient (Wildman–Crippen LogP) is 5.81. The highest BCUT2D eigenvalue weighted by atomic mass is 35.5. The number of alkyl halides is 1. The molecule has 1 aliphatic rings. The van der Waals surface area contributed by atoms with Crippen molar-refractivity contribution in [3.63, 3.8) is 0 Å². The molecule has 0 radical (unpaired) electrons. The Morgan fingerprint density at radius 2 is 1.92 bits per heavy atom. The van der Waals surface area contributed by atoms with E-state index in [1.54, 1.807) is 0 Å². The average molecular weight is 375 g/mol. The second-order valence-electron chi connectivity index (χ2n) is 7.61. The molecule has 1 aromatic carbocycles. The van der Waals surface area contributed by atoms with E-state index in [2.05, 4.69) is 68.4 Å². The quantitative estimate of drug-likeness (QED) is 0.549. The molecule has 3 atom stereocenters. The van der Waals surface area contributed by atoms with Gasteiger partial charge in [0.1, 0.15) is 0 Å². The minimum atomic E-state index is 0.149. The number of likely N-dealkylation sites (tertiary alicyclic amines) is 1. The molecular formula is C23H35ClN2. The van der Waals surface area contributed by atoms with Crippen molar-refractivity contribution in [1.29, 1.82) is 0 Å². The van der Waals surface area contributed by atoms with E-state index in [0.717, 1.165) is 37.9 Å². The standard InChI is InChI=1S/C23H35ClN2/c1-6-8-21-15-22(24)23(25-18(4)7-2)16-26(21)19(5)11-14-20-12-9-17(3)10-13-20/h9-10,12-13,21-23,25H,4-8,11,14-16H2,1-3H3. The Morgan fingerprint density at radius 1 is 1.23 bits per heavy atom. The van der Waals surface area contributed by atoms with Crippen LogP contribution in [0.1, 0.15) is 57.1 Å². The van der Waals surface area contributed by atoms with E-state index >= 15 is 0 Å². The zero-order valence-electron chi connectivity index (χ0n) is 16.7. The van der Waals surface area contributed by atoms with Crippen molar-refractivity contribution >= 4 is 11.6 Å². The van der Waals surface area contributed by atoms with Gasteiger partial charge in [-0.1, -0.05) is 63.3 Å². The van der Waals surface area contributed by atoms with Crippen LogP contribution in [0.25, 0.3) is 0 Å². The Bertz CT molecular complexity index is 593. The highest BCUT2D eigenvalue weighted by Gasteiger charge is 2.34. The number of hydrogen-bond donors (Lipinski definition) is 1. The van der Waals surface area contributed by atoms with Gasteiger partial charge in [0, 0.05) is 24.0 Å². The molecule has 0 bridgehead atoms. The predicted molar refractivity (Wildman–Crippen MR) is 115 cm³/mol. The topological polar surface area (TPSA) is 15.3 Å². The summed E-state index contributed by atoms with van der Waals surface area (Å²) >= 11 is 6.71. The van der Waals surface area contributed by atoms with Gasteiger partial charge in [-0.15, -0.1) is 11.6 Å². The minimum Gasteiger partial charge on any atom is -0.383 e. The normalized spacial score (nSPS) is 22.9. The largest absolute Gasteiger partial charge is 0.383 e. The van der Waals surface area contributed by atoms with Crippen molar-refractivity contribution in [2.45, 2.75) is 76.8 Å². The molecule has 0 aliphatic carbocycles. The van der Waals surface area contributed by atoms with Crippen molar-refractivity contribution in [2.75, 3.05) is 6.54 Å². The molecule has 144 valence electrons. The molecule has 0 aromatic heterocycles. The number of aryl methyl sites for hydroxylation is 2. The van der Waals surface area contributed by atoms with Crippen molar-refractivity contribution < 1.29 is 0 Å². The second kappa shape index (κ2) is 10.1. The molecule has 0 amide bonds. The fraction of sp³-hybridized carbons (Fsp3) is 0.565. The lowest BCUT2D eigenvalue weighted by Crippen LogP contribution is -2.55. The lowest BCUT2D eigenvalue weighted by molar-refractivity contribution is 0.155. The van der Waals surface area contributed by atoms with Gasteiger partial charge in [-0.3, -0.25) is 0 Å². The van der Waals surface area contributed by atoms with Crippen LogP contribution in [0, 0.1) is 6.92 Å². The SMILES string of the molecule is C=C(CC)NC1CN(C(=C)CCc2ccc(C)cc2)C(CCC)CC1Cl. The molecule has 1 saturated heterocycles. The average Bonchev–Trinajstić information content (AvgIpc) is 2.63. The molecule has 1 fully saturated rings. The maximum absolute atomic E-state index is 6.71. The van der Waals surface area contributed by atoms with Gasteiger partial charge in [-0.05, 0) is 44.6 Å². The summed E-state index contributed by atoms with van der Waals surface area (Å²) in [4.78, 5) is 2.51. The highest BCUT2D eigenvalue weighted by molar-refractivity contribution is 6.21. The lowest BCUT2D eigenvalue weighted by atomic mass is 9.93. The van der Waals surface area contributed by atoms with Crippen LogP contribution in [-0.2, 0) is 6.42 Å². The van der Waals surface area contributed by atoms with Crippen molar-refractivity contribution in [2.24, 2.45) is 0 Å². The molecule has 3 unspecified atom stereocenters. The molecule has 0 spiro atoms. The second-order valence-corrected chi connectivity index (χ2v) is 8.17. The van der Waals surface area contributed by atoms with Gasteiger partial charge in [-0.2, -0.15) is 0 Å². The van der Waals surface area contributed by atoms with E-state index < -0.39 is 0 Å². The molecule has 2 rings (SSSR count). The van der Waals surface area contributed by atoms with Crippen LogP contribution in [0.3, 0.4) is 0 Å².